The Morgan fingerprint density at radius 2 is 2.06 bits per heavy atom. The summed E-state index contributed by atoms with van der Waals surface area (Å²) < 4.78 is 1.82. The van der Waals surface area contributed by atoms with Gasteiger partial charge in [0.1, 0.15) is 0 Å². The lowest BCUT2D eigenvalue weighted by molar-refractivity contribution is 0.121. The fraction of sp³-hybridized carbons (Fsp3) is 0.769. The number of aryl methyl sites for hydroxylation is 1. The molecule has 5 atom stereocenters. The summed E-state index contributed by atoms with van der Waals surface area (Å²) >= 11 is 0. The molecule has 0 spiro atoms. The van der Waals surface area contributed by atoms with Crippen molar-refractivity contribution in [2.24, 2.45) is 36.6 Å². The predicted molar refractivity (Wildman–Crippen MR) is 59.5 cm³/mol. The smallest absolute Gasteiger partial charge is 0.0990 e. The summed E-state index contributed by atoms with van der Waals surface area (Å²) in [4.78, 5) is 0. The minimum Gasteiger partial charge on any atom is -0.387 e. The molecule has 3 heteroatoms. The first-order valence-electron chi connectivity index (χ1n) is 6.43. The highest BCUT2D eigenvalue weighted by atomic mass is 16.3. The summed E-state index contributed by atoms with van der Waals surface area (Å²) in [5.74, 6) is 4.08. The van der Waals surface area contributed by atoms with Gasteiger partial charge in [-0.1, -0.05) is 0 Å². The van der Waals surface area contributed by atoms with Crippen LogP contribution in [0.4, 0.5) is 0 Å². The number of aliphatic hydroxyl groups is 1. The van der Waals surface area contributed by atoms with E-state index in [0.717, 1.165) is 29.4 Å². The number of nitrogens with zero attached hydrogens (tertiary/aromatic N) is 2. The molecule has 3 aliphatic carbocycles. The maximum atomic E-state index is 10.4. The summed E-state index contributed by atoms with van der Waals surface area (Å²) in [5, 5.41) is 14.6. The monoisotopic (exact) mass is 218 g/mol. The Labute approximate surface area is 95.5 Å². The fourth-order valence-electron chi connectivity index (χ4n) is 4.69. The number of aliphatic hydroxyl groups excluding tert-OH is 1. The average Bonchev–Trinajstić information content (AvgIpc) is 2.67. The molecule has 0 aromatic carbocycles. The maximum absolute atomic E-state index is 10.4. The lowest BCUT2D eigenvalue weighted by atomic mass is 9.97. The fourth-order valence-corrected chi connectivity index (χ4v) is 4.69. The third kappa shape index (κ3) is 1.000. The highest BCUT2D eigenvalue weighted by Crippen LogP contribution is 2.72. The van der Waals surface area contributed by atoms with Crippen molar-refractivity contribution in [3.8, 4) is 0 Å². The quantitative estimate of drug-likeness (QED) is 0.821. The topological polar surface area (TPSA) is 38.0 Å². The molecule has 2 bridgehead atoms. The molecule has 0 radical (unpaired) electrons. The molecule has 1 aromatic heterocycles. The van der Waals surface area contributed by atoms with Crippen LogP contribution in [0.2, 0.25) is 0 Å². The molecule has 86 valence electrons. The number of aromatic nitrogens is 2. The molecule has 1 N–H and O–H groups in total. The maximum Gasteiger partial charge on any atom is 0.0990 e. The Kier molecular flexibility index (Phi) is 1.67. The first-order valence-corrected chi connectivity index (χ1v) is 6.43. The highest BCUT2D eigenvalue weighted by molar-refractivity contribution is 5.19. The zero-order chi connectivity index (χ0) is 10.9. The van der Waals surface area contributed by atoms with Crippen molar-refractivity contribution in [3.05, 3.63) is 18.0 Å². The molecule has 0 amide bonds. The molecular weight excluding hydrogens is 200 g/mol. The molecule has 1 aromatic rings. The summed E-state index contributed by atoms with van der Waals surface area (Å²) in [5.41, 5.74) is 0.999. The van der Waals surface area contributed by atoms with Gasteiger partial charge < -0.3 is 5.11 Å². The molecule has 3 saturated carbocycles. The summed E-state index contributed by atoms with van der Waals surface area (Å²) in [7, 11) is 1.92. The first-order chi connectivity index (χ1) is 7.77. The number of rotatable bonds is 2. The molecule has 3 nitrogen and oxygen atoms in total. The van der Waals surface area contributed by atoms with Gasteiger partial charge in [0.2, 0.25) is 0 Å². The normalized spacial score (nSPS) is 45.8. The number of fused-ring (bicyclic) bond motifs is 5. The summed E-state index contributed by atoms with van der Waals surface area (Å²) in [6, 6.07) is 1.96. The lowest BCUT2D eigenvalue weighted by Gasteiger charge is -2.15. The van der Waals surface area contributed by atoms with Gasteiger partial charge in [0.05, 0.1) is 11.8 Å². The SMILES string of the molecule is Cn1nccc1C(O)C1C2C3CCC(C3)C21. The third-order valence-corrected chi connectivity index (χ3v) is 5.32. The van der Waals surface area contributed by atoms with Gasteiger partial charge in [0, 0.05) is 13.2 Å². The van der Waals surface area contributed by atoms with Crippen molar-refractivity contribution in [3.63, 3.8) is 0 Å². The van der Waals surface area contributed by atoms with Crippen molar-refractivity contribution in [1.29, 1.82) is 0 Å². The molecule has 1 heterocycles. The van der Waals surface area contributed by atoms with Gasteiger partial charge in [-0.2, -0.15) is 5.10 Å². The van der Waals surface area contributed by atoms with Gasteiger partial charge in [0.25, 0.3) is 0 Å². The molecule has 0 saturated heterocycles. The molecule has 3 fully saturated rings. The van der Waals surface area contributed by atoms with Crippen LogP contribution < -0.4 is 0 Å². The van der Waals surface area contributed by atoms with E-state index in [0.29, 0.717) is 5.92 Å². The Morgan fingerprint density at radius 3 is 2.62 bits per heavy atom. The molecule has 4 rings (SSSR count). The van der Waals surface area contributed by atoms with E-state index in [1.165, 1.54) is 19.3 Å². The van der Waals surface area contributed by atoms with Crippen molar-refractivity contribution < 1.29 is 5.11 Å². The largest absolute Gasteiger partial charge is 0.387 e. The molecule has 0 aliphatic heterocycles. The molecule has 5 unspecified atom stereocenters. The van der Waals surface area contributed by atoms with Crippen LogP contribution in [-0.2, 0) is 7.05 Å². The lowest BCUT2D eigenvalue weighted by Crippen LogP contribution is -2.12. The van der Waals surface area contributed by atoms with Crippen LogP contribution >= 0.6 is 0 Å². The zero-order valence-electron chi connectivity index (χ0n) is 9.58. The van der Waals surface area contributed by atoms with E-state index >= 15 is 0 Å². The minimum atomic E-state index is -0.272. The second-order valence-electron chi connectivity index (χ2n) is 5.89. The van der Waals surface area contributed by atoms with Crippen LogP contribution in [0, 0.1) is 29.6 Å². The minimum absolute atomic E-state index is 0.272. The van der Waals surface area contributed by atoms with Crippen molar-refractivity contribution in [1.82, 2.24) is 9.78 Å². The summed E-state index contributed by atoms with van der Waals surface area (Å²) in [6.45, 7) is 0. The first kappa shape index (κ1) is 9.23. The predicted octanol–water partition coefficient (Wildman–Crippen LogP) is 1.75. The van der Waals surface area contributed by atoms with Crippen molar-refractivity contribution >= 4 is 0 Å². The van der Waals surface area contributed by atoms with E-state index in [1.807, 2.05) is 17.8 Å². The van der Waals surface area contributed by atoms with Gasteiger partial charge in [-0.3, -0.25) is 4.68 Å². The van der Waals surface area contributed by atoms with Crippen LogP contribution in [0.5, 0.6) is 0 Å². The van der Waals surface area contributed by atoms with E-state index in [1.54, 1.807) is 6.20 Å². The second kappa shape index (κ2) is 2.89. The third-order valence-electron chi connectivity index (χ3n) is 5.32. The second-order valence-corrected chi connectivity index (χ2v) is 5.89. The summed E-state index contributed by atoms with van der Waals surface area (Å²) in [6.07, 6.45) is 5.79. The standard InChI is InChI=1S/C13H18N2O/c1-15-9(4-5-14-15)13(16)12-10-7-2-3-8(6-7)11(10)12/h4-5,7-8,10-13,16H,2-3,6H2,1H3. The van der Waals surface area contributed by atoms with Gasteiger partial charge in [-0.15, -0.1) is 0 Å². The van der Waals surface area contributed by atoms with Crippen LogP contribution in [0.15, 0.2) is 12.3 Å². The average molecular weight is 218 g/mol. The Hall–Kier alpha value is -0.830. The van der Waals surface area contributed by atoms with Gasteiger partial charge in [0.15, 0.2) is 0 Å². The number of hydrogen-bond donors (Lipinski definition) is 1. The molecular formula is C13H18N2O. The van der Waals surface area contributed by atoms with E-state index < -0.39 is 0 Å². The highest BCUT2D eigenvalue weighted by Gasteiger charge is 2.67. The Balaban J connectivity index is 1.59. The van der Waals surface area contributed by atoms with E-state index in [2.05, 4.69) is 5.10 Å². The van der Waals surface area contributed by atoms with Crippen LogP contribution in [0.3, 0.4) is 0 Å². The van der Waals surface area contributed by atoms with Crippen LogP contribution in [0.1, 0.15) is 31.1 Å². The van der Waals surface area contributed by atoms with Crippen LogP contribution in [0.25, 0.3) is 0 Å². The van der Waals surface area contributed by atoms with E-state index in [-0.39, 0.29) is 6.10 Å². The van der Waals surface area contributed by atoms with Gasteiger partial charge in [-0.25, -0.2) is 0 Å². The Bertz CT molecular complexity index is 411. The van der Waals surface area contributed by atoms with E-state index in [9.17, 15) is 5.11 Å². The van der Waals surface area contributed by atoms with Crippen molar-refractivity contribution in [2.75, 3.05) is 0 Å². The van der Waals surface area contributed by atoms with E-state index in [4.69, 9.17) is 0 Å². The molecule has 3 aliphatic rings. The zero-order valence-corrected chi connectivity index (χ0v) is 9.58. The molecule has 16 heavy (non-hydrogen) atoms. The van der Waals surface area contributed by atoms with Gasteiger partial charge >= 0.3 is 0 Å². The van der Waals surface area contributed by atoms with Crippen LogP contribution in [-0.4, -0.2) is 14.9 Å². The van der Waals surface area contributed by atoms with Gasteiger partial charge in [-0.05, 0) is 54.9 Å². The number of hydrogen-bond acceptors (Lipinski definition) is 2. The Morgan fingerprint density at radius 1 is 1.38 bits per heavy atom. The van der Waals surface area contributed by atoms with Crippen molar-refractivity contribution in [2.45, 2.75) is 25.4 Å².